The van der Waals surface area contributed by atoms with Crippen LogP contribution in [-0.4, -0.2) is 71.2 Å². The van der Waals surface area contributed by atoms with E-state index in [1.54, 1.807) is 4.90 Å². The number of ether oxygens (including phenoxy) is 4. The predicted octanol–water partition coefficient (Wildman–Crippen LogP) is 4.49. The predicted molar refractivity (Wildman–Crippen MR) is 155 cm³/mol. The molecule has 0 radical (unpaired) electrons. The molecule has 0 saturated heterocycles. The van der Waals surface area contributed by atoms with Crippen LogP contribution in [0.2, 0.25) is 0 Å². The molecule has 1 heterocycles. The first-order chi connectivity index (χ1) is 19.2. The van der Waals surface area contributed by atoms with E-state index < -0.39 is 0 Å². The highest BCUT2D eigenvalue weighted by Gasteiger charge is 2.21. The molecule has 8 nitrogen and oxygen atoms in total. The Morgan fingerprint density at radius 1 is 0.795 bits per heavy atom. The Bertz CT molecular complexity index is 1080. The highest BCUT2D eigenvalue weighted by molar-refractivity contribution is 5.98. The molecule has 3 rings (SSSR count). The molecule has 0 saturated carbocycles. The average Bonchev–Trinajstić information content (AvgIpc) is 2.95. The van der Waals surface area contributed by atoms with Crippen LogP contribution in [-0.2, 0) is 35.1 Å². The van der Waals surface area contributed by atoms with E-state index in [0.29, 0.717) is 65.9 Å². The number of hydrogen-bond donors (Lipinski definition) is 1. The molecule has 0 aromatic heterocycles. The molecule has 0 spiro atoms. The lowest BCUT2D eigenvalue weighted by Gasteiger charge is -2.27. The third-order valence-electron chi connectivity index (χ3n) is 6.07. The van der Waals surface area contributed by atoms with Gasteiger partial charge in [-0.2, -0.15) is 0 Å². The first-order valence-corrected chi connectivity index (χ1v) is 13.5. The van der Waals surface area contributed by atoms with Gasteiger partial charge in [0.25, 0.3) is 0 Å². The van der Waals surface area contributed by atoms with Crippen LogP contribution >= 0.6 is 0 Å². The maximum atomic E-state index is 13.2. The molecule has 0 fully saturated rings. The van der Waals surface area contributed by atoms with Crippen LogP contribution < -0.4 is 10.2 Å². The number of amides is 2. The standard InChI is InChI=1S/C31H40N2O6.H2/c1-2-3-17-36-19-21-38-23-24-39-22-20-37-18-16-32-30(34)14-15-31(35)33-25-28-10-5-4-8-26(28)12-13-27-9-6-7-11-29(27)33;/h2,4-13H,1,3,14-25H2,(H,32,34);1H/b13-12-;. The van der Waals surface area contributed by atoms with Gasteiger partial charge in [-0.3, -0.25) is 9.59 Å². The van der Waals surface area contributed by atoms with Crippen molar-refractivity contribution in [2.75, 3.05) is 64.3 Å². The molecular formula is C31H42N2O6. The van der Waals surface area contributed by atoms with Crippen molar-refractivity contribution in [3.63, 3.8) is 0 Å². The number of nitrogens with one attached hydrogen (secondary N) is 1. The monoisotopic (exact) mass is 538 g/mol. The third-order valence-corrected chi connectivity index (χ3v) is 6.07. The Kier molecular flexibility index (Phi) is 14.0. The van der Waals surface area contributed by atoms with E-state index in [9.17, 15) is 9.59 Å². The Morgan fingerprint density at radius 2 is 1.38 bits per heavy atom. The summed E-state index contributed by atoms with van der Waals surface area (Å²) in [4.78, 5) is 27.3. The van der Waals surface area contributed by atoms with E-state index >= 15 is 0 Å². The van der Waals surface area contributed by atoms with Crippen LogP contribution in [0, 0.1) is 0 Å². The van der Waals surface area contributed by atoms with E-state index in [0.717, 1.165) is 28.8 Å². The molecule has 2 aromatic carbocycles. The number of benzene rings is 2. The first kappa shape index (κ1) is 30.2. The summed E-state index contributed by atoms with van der Waals surface area (Å²) in [6.45, 7) is 8.52. The number of carbonyl (C=O) groups excluding carboxylic acids is 2. The van der Waals surface area contributed by atoms with Gasteiger partial charge >= 0.3 is 0 Å². The fraction of sp³-hybridized carbons (Fsp3) is 0.419. The Balaban J connectivity index is 0.00000560. The number of nitrogens with zero attached hydrogens (tertiary/aromatic N) is 1. The second-order valence-electron chi connectivity index (χ2n) is 8.95. The van der Waals surface area contributed by atoms with Crippen LogP contribution in [0.1, 0.15) is 37.4 Å². The number of anilines is 1. The molecule has 1 aliphatic heterocycles. The van der Waals surface area contributed by atoms with E-state index in [1.807, 2.05) is 60.7 Å². The molecule has 39 heavy (non-hydrogen) atoms. The van der Waals surface area contributed by atoms with Crippen molar-refractivity contribution < 1.29 is 30.0 Å². The molecule has 8 heteroatoms. The maximum absolute atomic E-state index is 13.2. The average molecular weight is 539 g/mol. The van der Waals surface area contributed by atoms with E-state index in [1.165, 1.54) is 0 Å². The highest BCUT2D eigenvalue weighted by atomic mass is 16.6. The quantitative estimate of drug-likeness (QED) is 0.222. The molecule has 0 atom stereocenters. The number of carbonyl (C=O) groups is 2. The lowest BCUT2D eigenvalue weighted by Crippen LogP contribution is -2.33. The number of hydrogen-bond acceptors (Lipinski definition) is 6. The van der Waals surface area contributed by atoms with Gasteiger partial charge in [0.1, 0.15) is 0 Å². The van der Waals surface area contributed by atoms with Gasteiger partial charge in [-0.25, -0.2) is 0 Å². The Labute approximate surface area is 233 Å². The van der Waals surface area contributed by atoms with E-state index in [-0.39, 0.29) is 26.1 Å². The molecule has 212 valence electrons. The summed E-state index contributed by atoms with van der Waals surface area (Å²) in [5.74, 6) is -0.255. The van der Waals surface area contributed by atoms with Gasteiger partial charge < -0.3 is 29.2 Å². The van der Waals surface area contributed by atoms with Crippen LogP contribution in [0.25, 0.3) is 12.2 Å². The summed E-state index contributed by atoms with van der Waals surface area (Å²) in [5, 5.41) is 2.82. The van der Waals surface area contributed by atoms with Gasteiger partial charge in [-0.05, 0) is 29.2 Å². The molecule has 2 amide bonds. The maximum Gasteiger partial charge on any atom is 0.227 e. The van der Waals surface area contributed by atoms with Crippen molar-refractivity contribution >= 4 is 29.7 Å². The van der Waals surface area contributed by atoms with Gasteiger partial charge in [0.15, 0.2) is 0 Å². The van der Waals surface area contributed by atoms with E-state index in [2.05, 4.69) is 18.0 Å². The molecule has 1 N–H and O–H groups in total. The number of fused-ring (bicyclic) bond motifs is 2. The van der Waals surface area contributed by atoms with Crippen LogP contribution in [0.4, 0.5) is 5.69 Å². The van der Waals surface area contributed by atoms with Gasteiger partial charge in [0.2, 0.25) is 11.8 Å². The zero-order valence-corrected chi connectivity index (χ0v) is 22.6. The largest absolute Gasteiger partial charge is 0.379 e. The fourth-order valence-corrected chi connectivity index (χ4v) is 4.01. The lowest BCUT2D eigenvalue weighted by atomic mass is 10.0. The normalized spacial score (nSPS) is 13.1. The third kappa shape index (κ3) is 11.1. The van der Waals surface area contributed by atoms with Crippen LogP contribution in [0.15, 0.2) is 61.2 Å². The van der Waals surface area contributed by atoms with Gasteiger partial charge in [-0.1, -0.05) is 60.7 Å². The van der Waals surface area contributed by atoms with Crippen molar-refractivity contribution in [2.45, 2.75) is 25.8 Å². The minimum atomic E-state index is -0.172. The summed E-state index contributed by atoms with van der Waals surface area (Å²) in [6.07, 6.45) is 7.03. The summed E-state index contributed by atoms with van der Waals surface area (Å²) < 4.78 is 21.7. The molecule has 0 unspecified atom stereocenters. The minimum absolute atomic E-state index is 0. The highest BCUT2D eigenvalue weighted by Crippen LogP contribution is 2.29. The topological polar surface area (TPSA) is 86.3 Å². The molecule has 2 aromatic rings. The Hall–Kier alpha value is -3.30. The molecule has 0 bridgehead atoms. The van der Waals surface area contributed by atoms with Crippen molar-refractivity contribution in [2.24, 2.45) is 0 Å². The number of rotatable bonds is 18. The molecule has 1 aliphatic rings. The zero-order valence-electron chi connectivity index (χ0n) is 22.6. The minimum Gasteiger partial charge on any atom is -0.379 e. The second-order valence-corrected chi connectivity index (χ2v) is 8.95. The summed E-state index contributed by atoms with van der Waals surface area (Å²) in [6, 6.07) is 15.9. The van der Waals surface area contributed by atoms with Crippen LogP contribution in [0.5, 0.6) is 0 Å². The molecule has 0 aliphatic carbocycles. The smallest absolute Gasteiger partial charge is 0.227 e. The van der Waals surface area contributed by atoms with Crippen molar-refractivity contribution in [1.82, 2.24) is 5.32 Å². The summed E-state index contributed by atoms with van der Waals surface area (Å²) in [5.41, 5.74) is 3.98. The summed E-state index contributed by atoms with van der Waals surface area (Å²) >= 11 is 0. The van der Waals surface area contributed by atoms with Gasteiger partial charge in [0.05, 0.1) is 65.1 Å². The van der Waals surface area contributed by atoms with Gasteiger partial charge in [0, 0.05) is 20.8 Å². The zero-order chi connectivity index (χ0) is 27.5. The SMILES string of the molecule is C=CCCOCCOCCOCCOCCNC(=O)CCC(=O)N1Cc2ccccc2/C=C\c2ccccc21.[HH]. The van der Waals surface area contributed by atoms with E-state index in [4.69, 9.17) is 18.9 Å². The first-order valence-electron chi connectivity index (χ1n) is 13.5. The van der Waals surface area contributed by atoms with Crippen molar-refractivity contribution in [1.29, 1.82) is 0 Å². The van der Waals surface area contributed by atoms with Crippen molar-refractivity contribution in [3.05, 3.63) is 77.9 Å². The van der Waals surface area contributed by atoms with Crippen LogP contribution in [0.3, 0.4) is 0 Å². The fourth-order valence-electron chi connectivity index (χ4n) is 4.01. The molecular weight excluding hydrogens is 496 g/mol. The Morgan fingerprint density at radius 3 is 2.10 bits per heavy atom. The summed E-state index contributed by atoms with van der Waals surface area (Å²) in [7, 11) is 0. The number of para-hydroxylation sites is 1. The lowest BCUT2D eigenvalue weighted by molar-refractivity contribution is -0.125. The van der Waals surface area contributed by atoms with Gasteiger partial charge in [-0.15, -0.1) is 6.58 Å². The van der Waals surface area contributed by atoms with Crippen molar-refractivity contribution in [3.8, 4) is 0 Å². The second kappa shape index (κ2) is 18.1.